The smallest absolute Gasteiger partial charge is 0.158 e. The third-order valence-corrected chi connectivity index (χ3v) is 4.96. The van der Waals surface area contributed by atoms with Crippen molar-refractivity contribution >= 4 is 0 Å². The van der Waals surface area contributed by atoms with Gasteiger partial charge in [0.2, 0.25) is 0 Å². The molecule has 1 rings (SSSR count). The van der Waals surface area contributed by atoms with Crippen molar-refractivity contribution in [3.05, 3.63) is 0 Å². The second-order valence-corrected chi connectivity index (χ2v) is 8.70. The molecule has 23 heavy (non-hydrogen) atoms. The van der Waals surface area contributed by atoms with Gasteiger partial charge >= 0.3 is 0 Å². The van der Waals surface area contributed by atoms with Gasteiger partial charge in [-0.15, -0.1) is 0 Å². The summed E-state index contributed by atoms with van der Waals surface area (Å²) in [6, 6.07) is 0. The fourth-order valence-electron chi connectivity index (χ4n) is 3.07. The van der Waals surface area contributed by atoms with Gasteiger partial charge in [-0.25, -0.2) is 9.78 Å². The lowest BCUT2D eigenvalue weighted by Crippen LogP contribution is -2.44. The lowest BCUT2D eigenvalue weighted by atomic mass is 9.67. The quantitative estimate of drug-likeness (QED) is 0.451. The van der Waals surface area contributed by atoms with Gasteiger partial charge in [0.05, 0.1) is 5.60 Å². The molecule has 3 heteroatoms. The van der Waals surface area contributed by atoms with Crippen LogP contribution in [0.15, 0.2) is 0 Å². The van der Waals surface area contributed by atoms with E-state index in [0.29, 0.717) is 11.8 Å². The fraction of sp³-hybridized carbons (Fsp3) is 0.900. The molecule has 1 saturated carbocycles. The highest BCUT2D eigenvalue weighted by molar-refractivity contribution is 5.22. The standard InChI is InChI=1S/C20H36O3/c1-9-18(5,6)22-23-19(7,8)12-13-20(21)14-16(4)10-11-17(20)15(2)3/h15-17,21H,9-11,14H2,1-8H3. The largest absolute Gasteiger partial charge is 0.377 e. The molecule has 0 saturated heterocycles. The Hall–Kier alpha value is -0.560. The van der Waals surface area contributed by atoms with Crippen molar-refractivity contribution in [2.24, 2.45) is 17.8 Å². The molecule has 1 fully saturated rings. The Morgan fingerprint density at radius 2 is 1.78 bits per heavy atom. The minimum Gasteiger partial charge on any atom is -0.377 e. The molecule has 0 spiro atoms. The molecule has 0 bridgehead atoms. The van der Waals surface area contributed by atoms with Gasteiger partial charge in [0, 0.05) is 5.92 Å². The summed E-state index contributed by atoms with van der Waals surface area (Å²) in [5, 5.41) is 11.1. The van der Waals surface area contributed by atoms with Gasteiger partial charge < -0.3 is 5.11 Å². The van der Waals surface area contributed by atoms with Crippen molar-refractivity contribution in [2.75, 3.05) is 0 Å². The Balaban J connectivity index is 2.87. The van der Waals surface area contributed by atoms with E-state index in [2.05, 4.69) is 39.5 Å². The highest BCUT2D eigenvalue weighted by Gasteiger charge is 2.42. The van der Waals surface area contributed by atoms with E-state index in [9.17, 15) is 5.11 Å². The van der Waals surface area contributed by atoms with Crippen LogP contribution in [-0.2, 0) is 9.78 Å². The van der Waals surface area contributed by atoms with Crippen LogP contribution in [0.4, 0.5) is 0 Å². The molecule has 1 aliphatic rings. The van der Waals surface area contributed by atoms with Crippen molar-refractivity contribution in [1.29, 1.82) is 0 Å². The van der Waals surface area contributed by atoms with Crippen LogP contribution in [0.1, 0.15) is 81.1 Å². The van der Waals surface area contributed by atoms with Gasteiger partial charge in [0.25, 0.3) is 0 Å². The monoisotopic (exact) mass is 324 g/mol. The molecular weight excluding hydrogens is 288 g/mol. The zero-order chi connectivity index (χ0) is 17.9. The summed E-state index contributed by atoms with van der Waals surface area (Å²) in [7, 11) is 0. The summed E-state index contributed by atoms with van der Waals surface area (Å²) >= 11 is 0. The number of aliphatic hydroxyl groups is 1. The average Bonchev–Trinajstić information content (AvgIpc) is 2.43. The second-order valence-electron chi connectivity index (χ2n) is 8.70. The van der Waals surface area contributed by atoms with E-state index in [0.717, 1.165) is 19.3 Å². The first-order chi connectivity index (χ1) is 10.4. The topological polar surface area (TPSA) is 38.7 Å². The summed E-state index contributed by atoms with van der Waals surface area (Å²) in [4.78, 5) is 11.1. The van der Waals surface area contributed by atoms with Crippen molar-refractivity contribution in [2.45, 2.75) is 97.9 Å². The van der Waals surface area contributed by atoms with E-state index in [1.165, 1.54) is 6.42 Å². The molecule has 3 atom stereocenters. The molecule has 0 amide bonds. The van der Waals surface area contributed by atoms with Crippen LogP contribution in [0.3, 0.4) is 0 Å². The Labute approximate surface area is 143 Å². The summed E-state index contributed by atoms with van der Waals surface area (Å²) in [5.74, 6) is 7.42. The first kappa shape index (κ1) is 20.5. The summed E-state index contributed by atoms with van der Waals surface area (Å²) in [5.41, 5.74) is -2.01. The molecule has 0 radical (unpaired) electrons. The molecular formula is C20H36O3. The van der Waals surface area contributed by atoms with Gasteiger partial charge in [-0.05, 0) is 58.8 Å². The number of hydrogen-bond acceptors (Lipinski definition) is 3. The minimum atomic E-state index is -0.924. The van der Waals surface area contributed by atoms with E-state index < -0.39 is 11.2 Å². The Morgan fingerprint density at radius 3 is 2.30 bits per heavy atom. The van der Waals surface area contributed by atoms with E-state index in [1.807, 2.05) is 27.7 Å². The Bertz CT molecular complexity index is 442. The molecule has 0 heterocycles. The van der Waals surface area contributed by atoms with Crippen LogP contribution in [0, 0.1) is 29.6 Å². The summed E-state index contributed by atoms with van der Waals surface area (Å²) in [6.45, 7) is 16.3. The second kappa shape index (κ2) is 7.55. The van der Waals surface area contributed by atoms with Crippen LogP contribution < -0.4 is 0 Å². The van der Waals surface area contributed by atoms with Crippen molar-refractivity contribution < 1.29 is 14.9 Å². The molecule has 0 aromatic carbocycles. The van der Waals surface area contributed by atoms with Crippen LogP contribution in [-0.4, -0.2) is 21.9 Å². The van der Waals surface area contributed by atoms with E-state index in [4.69, 9.17) is 9.78 Å². The molecule has 134 valence electrons. The van der Waals surface area contributed by atoms with Crippen LogP contribution >= 0.6 is 0 Å². The molecule has 1 N–H and O–H groups in total. The maximum Gasteiger partial charge on any atom is 0.158 e. The van der Waals surface area contributed by atoms with Gasteiger partial charge in [-0.1, -0.05) is 46.0 Å². The summed E-state index contributed by atoms with van der Waals surface area (Å²) < 4.78 is 0. The van der Waals surface area contributed by atoms with Gasteiger partial charge in [-0.3, -0.25) is 0 Å². The number of hydrogen-bond donors (Lipinski definition) is 1. The van der Waals surface area contributed by atoms with Crippen molar-refractivity contribution in [1.82, 2.24) is 0 Å². The SMILES string of the molecule is CCC(C)(C)OOC(C)(C)C#CC1(O)CC(C)CCC1C(C)C. The Kier molecular flexibility index (Phi) is 6.73. The van der Waals surface area contributed by atoms with Gasteiger partial charge in [0.1, 0.15) is 5.60 Å². The normalized spacial score (nSPS) is 29.3. The molecule has 0 aliphatic heterocycles. The first-order valence-corrected chi connectivity index (χ1v) is 9.04. The molecule has 0 aromatic rings. The lowest BCUT2D eigenvalue weighted by Gasteiger charge is -2.41. The predicted octanol–water partition coefficient (Wildman–Crippen LogP) is 4.73. The highest BCUT2D eigenvalue weighted by Crippen LogP contribution is 2.40. The number of rotatable bonds is 5. The van der Waals surface area contributed by atoms with E-state index >= 15 is 0 Å². The Morgan fingerprint density at radius 1 is 1.17 bits per heavy atom. The molecule has 1 aliphatic carbocycles. The fourth-order valence-corrected chi connectivity index (χ4v) is 3.07. The summed E-state index contributed by atoms with van der Waals surface area (Å²) in [6.07, 6.45) is 3.79. The van der Waals surface area contributed by atoms with Crippen LogP contribution in [0.5, 0.6) is 0 Å². The van der Waals surface area contributed by atoms with E-state index in [-0.39, 0.29) is 11.5 Å². The molecule has 3 unspecified atom stereocenters. The third-order valence-electron chi connectivity index (χ3n) is 4.96. The third kappa shape index (κ3) is 6.10. The first-order valence-electron chi connectivity index (χ1n) is 9.04. The van der Waals surface area contributed by atoms with E-state index in [1.54, 1.807) is 0 Å². The zero-order valence-electron chi connectivity index (χ0n) is 16.3. The molecule has 0 aromatic heterocycles. The van der Waals surface area contributed by atoms with Crippen LogP contribution in [0.25, 0.3) is 0 Å². The molecule has 3 nitrogen and oxygen atoms in total. The maximum atomic E-state index is 11.1. The zero-order valence-corrected chi connectivity index (χ0v) is 16.3. The minimum absolute atomic E-state index is 0.218. The lowest BCUT2D eigenvalue weighted by molar-refractivity contribution is -0.388. The van der Waals surface area contributed by atoms with Gasteiger partial charge in [-0.2, -0.15) is 0 Å². The maximum absolute atomic E-state index is 11.1. The van der Waals surface area contributed by atoms with Crippen LogP contribution in [0.2, 0.25) is 0 Å². The average molecular weight is 325 g/mol. The van der Waals surface area contributed by atoms with Crippen molar-refractivity contribution in [3.63, 3.8) is 0 Å². The van der Waals surface area contributed by atoms with Crippen molar-refractivity contribution in [3.8, 4) is 11.8 Å². The van der Waals surface area contributed by atoms with Gasteiger partial charge in [0.15, 0.2) is 5.60 Å². The predicted molar refractivity (Wildman–Crippen MR) is 94.7 cm³/mol. The highest BCUT2D eigenvalue weighted by atomic mass is 17.2.